The van der Waals surface area contributed by atoms with Crippen molar-refractivity contribution in [3.8, 4) is 11.1 Å². The quantitative estimate of drug-likeness (QED) is 0.454. The number of hydrogen-bond acceptors (Lipinski definition) is 3. The van der Waals surface area contributed by atoms with Crippen molar-refractivity contribution in [2.24, 2.45) is 0 Å². The predicted octanol–water partition coefficient (Wildman–Crippen LogP) is 6.58. The van der Waals surface area contributed by atoms with E-state index in [1.54, 1.807) is 0 Å². The second-order valence-electron chi connectivity index (χ2n) is 8.71. The number of aromatic nitrogens is 1. The third-order valence-electron chi connectivity index (χ3n) is 6.58. The normalized spacial score (nSPS) is 13.8. The van der Waals surface area contributed by atoms with Crippen molar-refractivity contribution in [1.82, 2.24) is 10.3 Å². The Bertz CT molecular complexity index is 1010. The molecule has 3 nitrogen and oxygen atoms in total. The summed E-state index contributed by atoms with van der Waals surface area (Å²) in [5.74, 6) is 0. The molecule has 2 heterocycles. The lowest BCUT2D eigenvalue weighted by Gasteiger charge is -2.37. The van der Waals surface area contributed by atoms with Gasteiger partial charge in [0.1, 0.15) is 0 Å². The molecule has 32 heavy (non-hydrogen) atoms. The van der Waals surface area contributed by atoms with E-state index in [9.17, 15) is 0 Å². The van der Waals surface area contributed by atoms with E-state index in [-0.39, 0.29) is 24.8 Å². The van der Waals surface area contributed by atoms with Crippen LogP contribution in [0.4, 0.5) is 5.69 Å². The number of pyridine rings is 1. The third-order valence-corrected chi connectivity index (χ3v) is 6.58. The van der Waals surface area contributed by atoms with Crippen molar-refractivity contribution in [3.05, 3.63) is 82.7 Å². The predicted molar refractivity (Wildman–Crippen MR) is 142 cm³/mol. The van der Waals surface area contributed by atoms with Gasteiger partial charge in [0.25, 0.3) is 0 Å². The first-order valence-electron chi connectivity index (χ1n) is 11.1. The number of anilines is 1. The number of rotatable bonds is 5. The maximum atomic E-state index is 4.62. The number of benzene rings is 2. The fraction of sp³-hybridized carbons (Fsp3) is 0.370. The van der Waals surface area contributed by atoms with Gasteiger partial charge in [-0.2, -0.15) is 0 Å². The topological polar surface area (TPSA) is 28.2 Å². The minimum Gasteiger partial charge on any atom is -0.364 e. The minimum atomic E-state index is 0. The van der Waals surface area contributed by atoms with Crippen molar-refractivity contribution in [3.63, 3.8) is 0 Å². The van der Waals surface area contributed by atoms with E-state index in [1.807, 2.05) is 12.4 Å². The monoisotopic (exact) mass is 471 g/mol. The second-order valence-corrected chi connectivity index (χ2v) is 8.71. The van der Waals surface area contributed by atoms with Crippen LogP contribution in [0.2, 0.25) is 0 Å². The van der Waals surface area contributed by atoms with Crippen LogP contribution in [0.25, 0.3) is 11.1 Å². The Hall–Kier alpha value is -2.07. The van der Waals surface area contributed by atoms with E-state index in [0.29, 0.717) is 6.04 Å². The molecule has 1 saturated heterocycles. The van der Waals surface area contributed by atoms with Crippen LogP contribution < -0.4 is 10.2 Å². The van der Waals surface area contributed by atoms with Gasteiger partial charge in [-0.15, -0.1) is 24.8 Å². The SMILES string of the molecule is Cc1ccccc1N(Cc1cncc(-c2cc(C)c(C)c(C)c2)c1)C1CCNCC1.Cl.Cl. The zero-order chi connectivity index (χ0) is 21.1. The molecule has 0 saturated carbocycles. The lowest BCUT2D eigenvalue weighted by atomic mass is 9.96. The van der Waals surface area contributed by atoms with E-state index in [2.05, 4.69) is 85.4 Å². The number of aryl methyl sites for hydroxylation is 3. The van der Waals surface area contributed by atoms with E-state index >= 15 is 0 Å². The van der Waals surface area contributed by atoms with Crippen molar-refractivity contribution < 1.29 is 0 Å². The van der Waals surface area contributed by atoms with Gasteiger partial charge < -0.3 is 10.2 Å². The standard InChI is InChI=1S/C27H33N3.2ClH/c1-19-7-5-6-8-27(19)30(26-9-11-28-12-10-26)18-23-15-25(17-29-16-23)24-13-20(2)22(4)21(3)14-24;;/h5-8,13-17,26,28H,9-12,18H2,1-4H3;2*1H. The Labute approximate surface area is 205 Å². The lowest BCUT2D eigenvalue weighted by Crippen LogP contribution is -2.43. The Morgan fingerprint density at radius 2 is 1.50 bits per heavy atom. The van der Waals surface area contributed by atoms with Crippen molar-refractivity contribution in [1.29, 1.82) is 0 Å². The maximum Gasteiger partial charge on any atom is 0.0448 e. The summed E-state index contributed by atoms with van der Waals surface area (Å²) in [5.41, 5.74) is 10.5. The zero-order valence-electron chi connectivity index (χ0n) is 19.5. The molecular weight excluding hydrogens is 437 g/mol. The van der Waals surface area contributed by atoms with Crippen LogP contribution in [-0.4, -0.2) is 24.1 Å². The van der Waals surface area contributed by atoms with E-state index in [1.165, 1.54) is 57.5 Å². The smallest absolute Gasteiger partial charge is 0.0448 e. The Morgan fingerprint density at radius 1 is 0.844 bits per heavy atom. The van der Waals surface area contributed by atoms with Gasteiger partial charge in [0.2, 0.25) is 0 Å². The molecule has 0 unspecified atom stereocenters. The number of hydrogen-bond donors (Lipinski definition) is 1. The molecular formula is C27H35Cl2N3. The molecule has 0 aliphatic carbocycles. The van der Waals surface area contributed by atoms with E-state index < -0.39 is 0 Å². The molecule has 1 aromatic heterocycles. The first-order valence-corrected chi connectivity index (χ1v) is 11.1. The van der Waals surface area contributed by atoms with Gasteiger partial charge >= 0.3 is 0 Å². The van der Waals surface area contributed by atoms with Crippen LogP contribution >= 0.6 is 24.8 Å². The Morgan fingerprint density at radius 3 is 2.16 bits per heavy atom. The highest BCUT2D eigenvalue weighted by molar-refractivity contribution is 5.85. The number of para-hydroxylation sites is 1. The molecule has 1 aliphatic heterocycles. The summed E-state index contributed by atoms with van der Waals surface area (Å²) in [4.78, 5) is 7.22. The van der Waals surface area contributed by atoms with Crippen LogP contribution in [0.1, 0.15) is 40.7 Å². The molecule has 1 aliphatic rings. The summed E-state index contributed by atoms with van der Waals surface area (Å²) in [6.07, 6.45) is 6.38. The van der Waals surface area contributed by atoms with Crippen LogP contribution in [0.3, 0.4) is 0 Å². The van der Waals surface area contributed by atoms with Gasteiger partial charge in [-0.1, -0.05) is 30.3 Å². The minimum absolute atomic E-state index is 0. The third kappa shape index (κ3) is 5.83. The Balaban J connectivity index is 0.00000181. The molecule has 1 fully saturated rings. The van der Waals surface area contributed by atoms with Gasteiger partial charge in [0.05, 0.1) is 0 Å². The van der Waals surface area contributed by atoms with Gasteiger partial charge in [0.15, 0.2) is 0 Å². The highest BCUT2D eigenvalue weighted by Gasteiger charge is 2.23. The summed E-state index contributed by atoms with van der Waals surface area (Å²) < 4.78 is 0. The molecule has 0 amide bonds. The average molecular weight is 473 g/mol. The average Bonchev–Trinajstić information content (AvgIpc) is 2.77. The van der Waals surface area contributed by atoms with Crippen molar-refractivity contribution in [2.45, 2.75) is 53.1 Å². The molecule has 0 radical (unpaired) electrons. The summed E-state index contributed by atoms with van der Waals surface area (Å²) in [6, 6.07) is 16.2. The van der Waals surface area contributed by atoms with Crippen LogP contribution in [0.5, 0.6) is 0 Å². The maximum absolute atomic E-state index is 4.62. The van der Waals surface area contributed by atoms with Crippen LogP contribution in [-0.2, 0) is 6.54 Å². The summed E-state index contributed by atoms with van der Waals surface area (Å²) in [5, 5.41) is 3.51. The van der Waals surface area contributed by atoms with Crippen LogP contribution in [0.15, 0.2) is 54.9 Å². The zero-order valence-corrected chi connectivity index (χ0v) is 21.2. The molecule has 0 bridgehead atoms. The molecule has 4 rings (SSSR count). The number of piperidine rings is 1. The van der Waals surface area contributed by atoms with Crippen molar-refractivity contribution in [2.75, 3.05) is 18.0 Å². The fourth-order valence-electron chi connectivity index (χ4n) is 4.55. The van der Waals surface area contributed by atoms with Gasteiger partial charge in [-0.25, -0.2) is 0 Å². The molecule has 172 valence electrons. The first-order chi connectivity index (χ1) is 14.5. The Kier molecular flexibility index (Phi) is 9.57. The molecule has 3 aromatic rings. The molecule has 0 atom stereocenters. The summed E-state index contributed by atoms with van der Waals surface area (Å²) in [6.45, 7) is 11.9. The van der Waals surface area contributed by atoms with Crippen molar-refractivity contribution >= 4 is 30.5 Å². The van der Waals surface area contributed by atoms with Gasteiger partial charge in [-0.05, 0) is 99.1 Å². The van der Waals surface area contributed by atoms with Crippen LogP contribution in [0, 0.1) is 27.7 Å². The summed E-state index contributed by atoms with van der Waals surface area (Å²) in [7, 11) is 0. The highest BCUT2D eigenvalue weighted by Crippen LogP contribution is 2.29. The molecule has 0 spiro atoms. The second kappa shape index (κ2) is 11.7. The highest BCUT2D eigenvalue weighted by atomic mass is 35.5. The fourth-order valence-corrected chi connectivity index (χ4v) is 4.55. The summed E-state index contributed by atoms with van der Waals surface area (Å²) >= 11 is 0. The number of nitrogens with one attached hydrogen (secondary N) is 1. The van der Waals surface area contributed by atoms with E-state index in [0.717, 1.165) is 19.6 Å². The number of nitrogens with zero attached hydrogens (tertiary/aromatic N) is 2. The number of halogens is 2. The molecule has 2 aromatic carbocycles. The van der Waals surface area contributed by atoms with Gasteiger partial charge in [0, 0.05) is 36.2 Å². The molecule has 1 N–H and O–H groups in total. The molecule has 5 heteroatoms. The lowest BCUT2D eigenvalue weighted by molar-refractivity contribution is 0.427. The largest absolute Gasteiger partial charge is 0.364 e. The van der Waals surface area contributed by atoms with E-state index in [4.69, 9.17) is 0 Å². The van der Waals surface area contributed by atoms with Gasteiger partial charge in [-0.3, -0.25) is 4.98 Å². The first kappa shape index (κ1) is 26.2.